The Kier molecular flexibility index (Phi) is 2.43. The highest BCUT2D eigenvalue weighted by Crippen LogP contribution is 2.52. The summed E-state index contributed by atoms with van der Waals surface area (Å²) in [5.74, 6) is 0.764. The Morgan fingerprint density at radius 2 is 2.11 bits per heavy atom. The Morgan fingerprint density at radius 3 is 2.78 bits per heavy atom. The molecule has 3 heteroatoms. The van der Waals surface area contributed by atoms with Crippen LogP contribution in [0.1, 0.15) is 49.3 Å². The van der Waals surface area contributed by atoms with E-state index in [9.17, 15) is 0 Å². The molecule has 0 aromatic carbocycles. The normalized spacial score (nSPS) is 25.8. The van der Waals surface area contributed by atoms with Crippen LogP contribution in [0.2, 0.25) is 0 Å². The molecule has 96 valence electrons. The van der Waals surface area contributed by atoms with E-state index >= 15 is 0 Å². The maximum Gasteiger partial charge on any atom is 0.103 e. The van der Waals surface area contributed by atoms with E-state index in [1.807, 2.05) is 0 Å². The third kappa shape index (κ3) is 2.14. The second-order valence-electron chi connectivity index (χ2n) is 6.54. The largest absolute Gasteiger partial charge is 0.350 e. The molecule has 2 nitrogen and oxygen atoms in total. The number of aromatic nitrogens is 1. The van der Waals surface area contributed by atoms with E-state index in [0.29, 0.717) is 0 Å². The number of H-pyrrole nitrogens is 1. The molecule has 0 bridgehead atoms. The molecule has 3 aliphatic rings. The summed E-state index contributed by atoms with van der Waals surface area (Å²) in [5.41, 5.74) is 3.52. The van der Waals surface area contributed by atoms with Crippen LogP contribution in [0.3, 0.4) is 0 Å². The Balaban J connectivity index is 1.52. The van der Waals surface area contributed by atoms with Crippen LogP contribution in [0.4, 0.5) is 0 Å². The molecule has 0 amide bonds. The minimum Gasteiger partial charge on any atom is -0.350 e. The fraction of sp³-hybridized carbons (Fsp3) is 0.667. The van der Waals surface area contributed by atoms with Gasteiger partial charge in [-0.2, -0.15) is 0 Å². The topological polar surface area (TPSA) is 19.0 Å². The van der Waals surface area contributed by atoms with E-state index in [-0.39, 0.29) is 0 Å². The fourth-order valence-corrected chi connectivity index (χ4v) is 3.60. The first-order chi connectivity index (χ1) is 8.72. The summed E-state index contributed by atoms with van der Waals surface area (Å²) in [5, 5.41) is 0. The fourth-order valence-electron chi connectivity index (χ4n) is 3.34. The Bertz CT molecular complexity index is 526. The van der Waals surface area contributed by atoms with E-state index in [4.69, 9.17) is 12.2 Å². The highest BCUT2D eigenvalue weighted by molar-refractivity contribution is 7.71. The zero-order valence-corrected chi connectivity index (χ0v) is 11.6. The third-order valence-corrected chi connectivity index (χ3v) is 5.04. The van der Waals surface area contributed by atoms with Crippen molar-refractivity contribution in [3.63, 3.8) is 0 Å². The van der Waals surface area contributed by atoms with Gasteiger partial charge < -0.3 is 4.98 Å². The van der Waals surface area contributed by atoms with E-state index < -0.39 is 0 Å². The van der Waals surface area contributed by atoms with Crippen molar-refractivity contribution in [1.29, 1.82) is 0 Å². The molecular weight excluding hydrogens is 240 g/mol. The zero-order chi connectivity index (χ0) is 12.2. The van der Waals surface area contributed by atoms with E-state index in [1.54, 1.807) is 0 Å². The molecule has 2 aliphatic carbocycles. The number of hydrogen-bond acceptors (Lipinski definition) is 2. The highest BCUT2D eigenvalue weighted by Gasteiger charge is 2.47. The monoisotopic (exact) mass is 260 g/mol. The van der Waals surface area contributed by atoms with Gasteiger partial charge in [0.15, 0.2) is 0 Å². The highest BCUT2D eigenvalue weighted by atomic mass is 32.1. The SMILES string of the molecule is S=c1cc(CN2CCC3(CC3)C2)cc(C2CC2)[nH]1. The van der Waals surface area contributed by atoms with Crippen molar-refractivity contribution in [2.75, 3.05) is 13.1 Å². The third-order valence-electron chi connectivity index (χ3n) is 4.82. The minimum absolute atomic E-state index is 0.733. The molecule has 2 heterocycles. The maximum absolute atomic E-state index is 5.36. The summed E-state index contributed by atoms with van der Waals surface area (Å²) in [6, 6.07) is 4.50. The van der Waals surface area contributed by atoms with Gasteiger partial charge in [0.25, 0.3) is 0 Å². The van der Waals surface area contributed by atoms with Crippen LogP contribution in [-0.4, -0.2) is 23.0 Å². The molecular formula is C15H20N2S. The summed E-state index contributed by atoms with van der Waals surface area (Å²) >= 11 is 5.36. The molecule has 2 saturated carbocycles. The summed E-state index contributed by atoms with van der Waals surface area (Å²) in [4.78, 5) is 5.98. The number of hydrogen-bond donors (Lipinski definition) is 1. The lowest BCUT2D eigenvalue weighted by Gasteiger charge is -2.16. The molecule has 1 saturated heterocycles. The van der Waals surface area contributed by atoms with Crippen LogP contribution in [0.5, 0.6) is 0 Å². The van der Waals surface area contributed by atoms with Crippen molar-refractivity contribution in [3.8, 4) is 0 Å². The Hall–Kier alpha value is -0.670. The second kappa shape index (κ2) is 3.91. The smallest absolute Gasteiger partial charge is 0.103 e. The van der Waals surface area contributed by atoms with Gasteiger partial charge in [-0.15, -0.1) is 0 Å². The lowest BCUT2D eigenvalue weighted by Crippen LogP contribution is -2.20. The minimum atomic E-state index is 0.733. The van der Waals surface area contributed by atoms with Crippen molar-refractivity contribution >= 4 is 12.2 Å². The molecule has 0 atom stereocenters. The zero-order valence-electron chi connectivity index (χ0n) is 10.7. The maximum atomic E-state index is 5.36. The van der Waals surface area contributed by atoms with Crippen molar-refractivity contribution in [3.05, 3.63) is 28.0 Å². The van der Waals surface area contributed by atoms with Gasteiger partial charge in [0.05, 0.1) is 0 Å². The lowest BCUT2D eigenvalue weighted by atomic mass is 10.1. The molecule has 1 spiro atoms. The van der Waals surface area contributed by atoms with Crippen molar-refractivity contribution < 1.29 is 0 Å². The van der Waals surface area contributed by atoms with Crippen LogP contribution in [0.15, 0.2) is 12.1 Å². The molecule has 1 N–H and O–H groups in total. The average Bonchev–Trinajstić information content (AvgIpc) is 3.19. The van der Waals surface area contributed by atoms with Crippen molar-refractivity contribution in [2.24, 2.45) is 5.41 Å². The molecule has 1 aromatic heterocycles. The van der Waals surface area contributed by atoms with Gasteiger partial charge in [0, 0.05) is 18.8 Å². The van der Waals surface area contributed by atoms with Gasteiger partial charge in [-0.05, 0) is 67.7 Å². The first-order valence-electron chi connectivity index (χ1n) is 7.18. The molecule has 0 unspecified atom stereocenters. The Labute approximate surface area is 113 Å². The van der Waals surface area contributed by atoms with E-state index in [1.165, 1.54) is 56.5 Å². The predicted molar refractivity (Wildman–Crippen MR) is 75.2 cm³/mol. The van der Waals surface area contributed by atoms with Crippen LogP contribution in [0, 0.1) is 10.1 Å². The summed E-state index contributed by atoms with van der Waals surface area (Å²) < 4.78 is 0.912. The first kappa shape index (κ1) is 11.2. The van der Waals surface area contributed by atoms with Gasteiger partial charge in [0.2, 0.25) is 0 Å². The quantitative estimate of drug-likeness (QED) is 0.837. The number of nitrogens with zero attached hydrogens (tertiary/aromatic N) is 1. The van der Waals surface area contributed by atoms with Crippen LogP contribution in [-0.2, 0) is 6.54 Å². The van der Waals surface area contributed by atoms with Gasteiger partial charge in [-0.1, -0.05) is 12.2 Å². The van der Waals surface area contributed by atoms with E-state index in [2.05, 4.69) is 22.0 Å². The van der Waals surface area contributed by atoms with Gasteiger partial charge in [-0.3, -0.25) is 4.90 Å². The van der Waals surface area contributed by atoms with Gasteiger partial charge in [-0.25, -0.2) is 0 Å². The standard InChI is InChI=1S/C15H20N2S/c18-14-8-11(7-13(16-14)12-1-2-12)9-17-6-5-15(10-17)3-4-15/h7-8,12H,1-6,9-10H2,(H,16,18). The molecule has 1 aliphatic heterocycles. The number of nitrogens with one attached hydrogen (secondary N) is 1. The molecule has 18 heavy (non-hydrogen) atoms. The van der Waals surface area contributed by atoms with Crippen molar-refractivity contribution in [1.82, 2.24) is 9.88 Å². The number of pyridine rings is 1. The van der Waals surface area contributed by atoms with Crippen LogP contribution >= 0.6 is 12.2 Å². The van der Waals surface area contributed by atoms with Crippen molar-refractivity contribution in [2.45, 2.75) is 44.6 Å². The summed E-state index contributed by atoms with van der Waals surface area (Å²) in [6.07, 6.45) is 7.02. The number of aromatic amines is 1. The van der Waals surface area contributed by atoms with Gasteiger partial charge >= 0.3 is 0 Å². The molecule has 4 rings (SSSR count). The van der Waals surface area contributed by atoms with Crippen LogP contribution < -0.4 is 0 Å². The second-order valence-corrected chi connectivity index (χ2v) is 6.98. The predicted octanol–water partition coefficient (Wildman–Crippen LogP) is 3.61. The average molecular weight is 260 g/mol. The van der Waals surface area contributed by atoms with Crippen LogP contribution in [0.25, 0.3) is 0 Å². The Morgan fingerprint density at radius 1 is 1.28 bits per heavy atom. The molecule has 1 aromatic rings. The number of rotatable bonds is 3. The van der Waals surface area contributed by atoms with Gasteiger partial charge in [0.1, 0.15) is 4.64 Å². The molecule has 0 radical (unpaired) electrons. The summed E-state index contributed by atoms with van der Waals surface area (Å²) in [7, 11) is 0. The number of likely N-dealkylation sites (tertiary alicyclic amines) is 1. The first-order valence-corrected chi connectivity index (χ1v) is 7.59. The lowest BCUT2D eigenvalue weighted by molar-refractivity contribution is 0.312. The summed E-state index contributed by atoms with van der Waals surface area (Å²) in [6.45, 7) is 3.70. The van der Waals surface area contributed by atoms with E-state index in [0.717, 1.165) is 22.5 Å². The molecule has 3 fully saturated rings.